The first kappa shape index (κ1) is 17.3. The smallest absolute Gasteiger partial charge is 0.410 e. The molecule has 7 heteroatoms. The van der Waals surface area contributed by atoms with E-state index in [1.54, 1.807) is 16.6 Å². The van der Waals surface area contributed by atoms with Crippen LogP contribution in [0, 0.1) is 5.92 Å². The maximum Gasteiger partial charge on any atom is 0.410 e. The van der Waals surface area contributed by atoms with Crippen LogP contribution in [0.4, 0.5) is 10.6 Å². The number of hydrogen-bond donors (Lipinski definition) is 1. The van der Waals surface area contributed by atoms with Crippen molar-refractivity contribution in [2.24, 2.45) is 13.0 Å². The maximum absolute atomic E-state index is 12.3. The third-order valence-corrected chi connectivity index (χ3v) is 3.61. The van der Waals surface area contributed by atoms with E-state index in [1.165, 1.54) is 0 Å². The number of nitrogens with one attached hydrogen (secondary N) is 1. The van der Waals surface area contributed by atoms with Crippen LogP contribution in [0.15, 0.2) is 0 Å². The van der Waals surface area contributed by atoms with E-state index in [4.69, 9.17) is 4.74 Å². The zero-order chi connectivity index (χ0) is 17.4. The zero-order valence-electron chi connectivity index (χ0n) is 14.8. The molecule has 1 aliphatic rings. The van der Waals surface area contributed by atoms with Gasteiger partial charge in [0.15, 0.2) is 0 Å². The number of nitrogens with zero attached hydrogens (tertiary/aromatic N) is 3. The molecule has 7 nitrogen and oxygen atoms in total. The molecule has 0 bridgehead atoms. The van der Waals surface area contributed by atoms with Gasteiger partial charge in [-0.2, -0.15) is 5.10 Å². The number of aromatic nitrogens is 2. The second-order valence-electron chi connectivity index (χ2n) is 7.19. The second-order valence-corrected chi connectivity index (χ2v) is 7.19. The summed E-state index contributed by atoms with van der Waals surface area (Å²) in [4.78, 5) is 25.9. The Kier molecular flexibility index (Phi) is 4.68. The molecular weight excluding hydrogens is 296 g/mol. The summed E-state index contributed by atoms with van der Waals surface area (Å²) in [6.45, 7) is 10.2. The maximum atomic E-state index is 12.3. The Morgan fingerprint density at radius 3 is 2.52 bits per heavy atom. The second kappa shape index (κ2) is 6.22. The van der Waals surface area contributed by atoms with Crippen LogP contribution in [0.2, 0.25) is 0 Å². The number of carbonyl (C=O) groups excluding carboxylic acids is 2. The molecule has 0 atom stereocenters. The Balaban J connectivity index is 2.19. The van der Waals surface area contributed by atoms with Crippen LogP contribution >= 0.6 is 0 Å². The molecule has 23 heavy (non-hydrogen) atoms. The van der Waals surface area contributed by atoms with Gasteiger partial charge in [0.25, 0.3) is 0 Å². The van der Waals surface area contributed by atoms with Crippen molar-refractivity contribution in [1.29, 1.82) is 0 Å². The number of amides is 2. The summed E-state index contributed by atoms with van der Waals surface area (Å²) >= 11 is 0. The number of anilines is 1. The predicted octanol–water partition coefficient (Wildman–Crippen LogP) is 2.31. The van der Waals surface area contributed by atoms with Crippen molar-refractivity contribution in [2.75, 3.05) is 11.9 Å². The first-order valence-electron chi connectivity index (χ1n) is 7.92. The molecule has 0 aliphatic carbocycles. The van der Waals surface area contributed by atoms with Crippen molar-refractivity contribution >= 4 is 17.8 Å². The molecule has 0 fully saturated rings. The van der Waals surface area contributed by atoms with Crippen LogP contribution in [0.25, 0.3) is 0 Å². The van der Waals surface area contributed by atoms with Gasteiger partial charge in [-0.3, -0.25) is 9.48 Å². The highest BCUT2D eigenvalue weighted by molar-refractivity contribution is 5.92. The van der Waals surface area contributed by atoms with Crippen molar-refractivity contribution in [1.82, 2.24) is 14.7 Å². The summed E-state index contributed by atoms with van der Waals surface area (Å²) in [5.74, 6) is 0.475. The largest absolute Gasteiger partial charge is 0.444 e. The average Bonchev–Trinajstić information content (AvgIpc) is 2.72. The number of rotatable bonds is 2. The van der Waals surface area contributed by atoms with Gasteiger partial charge in [-0.05, 0) is 20.8 Å². The molecule has 1 aromatic heterocycles. The van der Waals surface area contributed by atoms with Crippen molar-refractivity contribution < 1.29 is 14.3 Å². The van der Waals surface area contributed by atoms with Crippen LogP contribution in [-0.4, -0.2) is 38.8 Å². The minimum absolute atomic E-state index is 0.0646. The zero-order valence-corrected chi connectivity index (χ0v) is 14.8. The summed E-state index contributed by atoms with van der Waals surface area (Å²) < 4.78 is 7.10. The summed E-state index contributed by atoms with van der Waals surface area (Å²) in [6.07, 6.45) is 0.313. The topological polar surface area (TPSA) is 76.5 Å². The molecule has 128 valence electrons. The number of ether oxygens (including phenoxy) is 1. The summed E-state index contributed by atoms with van der Waals surface area (Å²) in [6, 6.07) is 0. The van der Waals surface area contributed by atoms with Gasteiger partial charge in [0.05, 0.1) is 12.2 Å². The first-order valence-corrected chi connectivity index (χ1v) is 7.92. The van der Waals surface area contributed by atoms with E-state index in [0.717, 1.165) is 11.3 Å². The molecule has 2 amide bonds. The number of aryl methyl sites for hydroxylation is 1. The Bertz CT molecular complexity index is 614. The third kappa shape index (κ3) is 4.03. The SMILES string of the molecule is CC(C)C(=O)Nc1c2c(nn1C)CCN(C(=O)OC(C)(C)C)C2. The van der Waals surface area contributed by atoms with E-state index in [1.807, 2.05) is 34.6 Å². The van der Waals surface area contributed by atoms with Gasteiger partial charge in [-0.15, -0.1) is 0 Å². The Hall–Kier alpha value is -2.05. The van der Waals surface area contributed by atoms with E-state index < -0.39 is 5.60 Å². The van der Waals surface area contributed by atoms with E-state index in [9.17, 15) is 9.59 Å². The first-order chi connectivity index (χ1) is 10.6. The normalized spacial score (nSPS) is 14.7. The highest BCUT2D eigenvalue weighted by Crippen LogP contribution is 2.27. The van der Waals surface area contributed by atoms with Crippen LogP contribution < -0.4 is 5.32 Å². The summed E-state index contributed by atoms with van der Waals surface area (Å²) in [5, 5.41) is 7.36. The van der Waals surface area contributed by atoms with Crippen LogP contribution in [0.5, 0.6) is 0 Å². The van der Waals surface area contributed by atoms with Gasteiger partial charge in [0.1, 0.15) is 11.4 Å². The fourth-order valence-corrected chi connectivity index (χ4v) is 2.40. The van der Waals surface area contributed by atoms with Crippen LogP contribution in [0.1, 0.15) is 45.9 Å². The quantitative estimate of drug-likeness (QED) is 0.906. The minimum Gasteiger partial charge on any atom is -0.444 e. The van der Waals surface area contributed by atoms with Gasteiger partial charge in [0.2, 0.25) is 5.91 Å². The molecule has 0 unspecified atom stereocenters. The van der Waals surface area contributed by atoms with E-state index in [-0.39, 0.29) is 17.9 Å². The highest BCUT2D eigenvalue weighted by atomic mass is 16.6. The highest BCUT2D eigenvalue weighted by Gasteiger charge is 2.30. The standard InChI is InChI=1S/C16H26N4O3/c1-10(2)14(21)17-13-11-9-20(15(22)23-16(3,4)5)8-7-12(11)18-19(13)6/h10H,7-9H2,1-6H3,(H,17,21). The molecule has 0 saturated heterocycles. The average molecular weight is 322 g/mol. The van der Waals surface area contributed by atoms with Crippen LogP contribution in [0.3, 0.4) is 0 Å². The Morgan fingerprint density at radius 2 is 1.96 bits per heavy atom. The van der Waals surface area contributed by atoms with E-state index >= 15 is 0 Å². The van der Waals surface area contributed by atoms with Crippen LogP contribution in [-0.2, 0) is 29.5 Å². The number of carbonyl (C=O) groups is 2. The van der Waals surface area contributed by atoms with Crippen molar-refractivity contribution in [3.63, 3.8) is 0 Å². The third-order valence-electron chi connectivity index (χ3n) is 3.61. The fourth-order valence-electron chi connectivity index (χ4n) is 2.40. The molecule has 1 aromatic rings. The Labute approximate surface area is 137 Å². The Morgan fingerprint density at radius 1 is 1.30 bits per heavy atom. The lowest BCUT2D eigenvalue weighted by molar-refractivity contribution is -0.118. The monoisotopic (exact) mass is 322 g/mol. The van der Waals surface area contributed by atoms with E-state index in [2.05, 4.69) is 10.4 Å². The molecule has 0 saturated carbocycles. The molecule has 2 heterocycles. The summed E-state index contributed by atoms with van der Waals surface area (Å²) in [5.41, 5.74) is 1.28. The molecule has 0 spiro atoms. The van der Waals surface area contributed by atoms with Gasteiger partial charge in [-0.25, -0.2) is 4.79 Å². The molecule has 1 N–H and O–H groups in total. The van der Waals surface area contributed by atoms with Gasteiger partial charge >= 0.3 is 6.09 Å². The van der Waals surface area contributed by atoms with Crippen molar-refractivity contribution in [3.8, 4) is 0 Å². The minimum atomic E-state index is -0.527. The molecule has 0 radical (unpaired) electrons. The fraction of sp³-hybridized carbons (Fsp3) is 0.688. The molecule has 2 rings (SSSR count). The van der Waals surface area contributed by atoms with Gasteiger partial charge < -0.3 is 15.0 Å². The lowest BCUT2D eigenvalue weighted by Gasteiger charge is -2.30. The van der Waals surface area contributed by atoms with E-state index in [0.29, 0.717) is 25.3 Å². The molecule has 0 aromatic carbocycles. The lowest BCUT2D eigenvalue weighted by Crippen LogP contribution is -2.40. The van der Waals surface area contributed by atoms with Crippen molar-refractivity contribution in [2.45, 2.75) is 53.2 Å². The summed E-state index contributed by atoms with van der Waals surface area (Å²) in [7, 11) is 1.80. The van der Waals surface area contributed by atoms with Crippen molar-refractivity contribution in [3.05, 3.63) is 11.3 Å². The number of hydrogen-bond acceptors (Lipinski definition) is 4. The van der Waals surface area contributed by atoms with Gasteiger partial charge in [0, 0.05) is 31.5 Å². The van der Waals surface area contributed by atoms with Gasteiger partial charge in [-0.1, -0.05) is 13.8 Å². The molecular formula is C16H26N4O3. The molecule has 1 aliphatic heterocycles. The number of fused-ring (bicyclic) bond motifs is 1. The predicted molar refractivity (Wildman–Crippen MR) is 87.0 cm³/mol. The lowest BCUT2D eigenvalue weighted by atomic mass is 10.1.